The van der Waals surface area contributed by atoms with Gasteiger partial charge in [0.15, 0.2) is 0 Å². The maximum Gasteiger partial charge on any atom is 0.240 e. The number of nitrogens with zero attached hydrogens (tertiary/aromatic N) is 2. The second-order valence-corrected chi connectivity index (χ2v) is 6.16. The lowest BCUT2D eigenvalue weighted by atomic mass is 9.84. The fourth-order valence-electron chi connectivity index (χ4n) is 3.56. The largest absolute Gasteiger partial charge is 0.323 e. The highest BCUT2D eigenvalue weighted by Crippen LogP contribution is 2.29. The van der Waals surface area contributed by atoms with Crippen LogP contribution in [0.2, 0.25) is 0 Å². The highest BCUT2D eigenvalue weighted by molar-refractivity contribution is 5.82. The van der Waals surface area contributed by atoms with Crippen molar-refractivity contribution in [1.82, 2.24) is 4.90 Å². The number of hydrogen-bond donors (Lipinski definition) is 1. The third-order valence-corrected chi connectivity index (χ3v) is 4.70. The Morgan fingerprint density at radius 3 is 2.63 bits per heavy atom. The van der Waals surface area contributed by atoms with Crippen LogP contribution in [0.1, 0.15) is 58.3 Å². The summed E-state index contributed by atoms with van der Waals surface area (Å²) in [7, 11) is 0. The van der Waals surface area contributed by atoms with E-state index in [1.165, 1.54) is 32.1 Å². The summed E-state index contributed by atoms with van der Waals surface area (Å²) in [5.74, 6) is 0.591. The first kappa shape index (κ1) is 14.3. The number of amides is 1. The maximum absolute atomic E-state index is 12.4. The quantitative estimate of drug-likeness (QED) is 0.848. The third kappa shape index (κ3) is 3.27. The summed E-state index contributed by atoms with van der Waals surface area (Å²) >= 11 is 0. The summed E-state index contributed by atoms with van der Waals surface area (Å²) < 4.78 is 0. The molecule has 106 valence electrons. The van der Waals surface area contributed by atoms with Crippen molar-refractivity contribution >= 4 is 5.91 Å². The molecule has 1 aliphatic carbocycles. The van der Waals surface area contributed by atoms with Crippen LogP contribution in [-0.2, 0) is 4.79 Å². The van der Waals surface area contributed by atoms with Crippen molar-refractivity contribution in [3.05, 3.63) is 0 Å². The molecule has 2 rings (SSSR count). The highest BCUT2D eigenvalue weighted by atomic mass is 16.2. The number of rotatable bonds is 3. The molecule has 1 amide bonds. The van der Waals surface area contributed by atoms with Gasteiger partial charge >= 0.3 is 0 Å². The fourth-order valence-corrected chi connectivity index (χ4v) is 3.56. The van der Waals surface area contributed by atoms with Crippen LogP contribution in [0, 0.1) is 17.2 Å². The minimum Gasteiger partial charge on any atom is -0.323 e. The molecule has 0 aromatic carbocycles. The van der Waals surface area contributed by atoms with Gasteiger partial charge in [-0.25, -0.2) is 0 Å². The minimum atomic E-state index is -0.417. The molecule has 1 heterocycles. The van der Waals surface area contributed by atoms with E-state index in [2.05, 4.69) is 6.07 Å². The summed E-state index contributed by atoms with van der Waals surface area (Å²) in [6.45, 7) is 2.02. The normalized spacial score (nSPS) is 30.1. The van der Waals surface area contributed by atoms with Gasteiger partial charge in [-0.15, -0.1) is 0 Å². The van der Waals surface area contributed by atoms with Crippen LogP contribution in [0.15, 0.2) is 0 Å². The molecule has 2 N–H and O–H groups in total. The fraction of sp³-hybridized carbons (Fsp3) is 0.867. The molecular weight excluding hydrogens is 238 g/mol. The van der Waals surface area contributed by atoms with E-state index in [0.29, 0.717) is 5.92 Å². The van der Waals surface area contributed by atoms with Gasteiger partial charge in [-0.3, -0.25) is 4.79 Å². The summed E-state index contributed by atoms with van der Waals surface area (Å²) in [5.41, 5.74) is 6.11. The van der Waals surface area contributed by atoms with E-state index in [9.17, 15) is 4.79 Å². The molecular formula is C15H25N3O. The number of hydrogen-bond acceptors (Lipinski definition) is 3. The lowest BCUT2D eigenvalue weighted by molar-refractivity contribution is -0.134. The van der Waals surface area contributed by atoms with Gasteiger partial charge in [0.1, 0.15) is 6.04 Å². The van der Waals surface area contributed by atoms with Gasteiger partial charge in [0.05, 0.1) is 12.1 Å². The van der Waals surface area contributed by atoms with E-state index in [-0.39, 0.29) is 18.0 Å². The predicted molar refractivity (Wildman–Crippen MR) is 74.1 cm³/mol. The summed E-state index contributed by atoms with van der Waals surface area (Å²) in [4.78, 5) is 14.2. The second kappa shape index (κ2) is 6.38. The van der Waals surface area contributed by atoms with Gasteiger partial charge in [0.2, 0.25) is 5.91 Å². The average molecular weight is 263 g/mol. The van der Waals surface area contributed by atoms with Crippen LogP contribution in [0.5, 0.6) is 0 Å². The monoisotopic (exact) mass is 263 g/mol. The van der Waals surface area contributed by atoms with Gasteiger partial charge in [-0.05, 0) is 32.1 Å². The van der Waals surface area contributed by atoms with Crippen molar-refractivity contribution in [2.75, 3.05) is 0 Å². The summed E-state index contributed by atoms with van der Waals surface area (Å²) in [6, 6.07) is 1.71. The van der Waals surface area contributed by atoms with E-state index >= 15 is 0 Å². The molecule has 0 unspecified atom stereocenters. The number of carbonyl (C=O) groups is 1. The zero-order chi connectivity index (χ0) is 13.8. The van der Waals surface area contributed by atoms with E-state index in [0.717, 1.165) is 19.3 Å². The molecule has 0 aromatic rings. The van der Waals surface area contributed by atoms with Gasteiger partial charge in [-0.2, -0.15) is 5.26 Å². The standard InChI is InChI=1S/C15H25N3O/c1-11-7-8-13(10-16)18(11)15(19)14(17)9-12-5-3-2-4-6-12/h11-14H,2-9,17H2,1H3/t11-,13-,14-/m0/s1. The molecule has 4 nitrogen and oxygen atoms in total. The molecule has 2 fully saturated rings. The zero-order valence-electron chi connectivity index (χ0n) is 11.8. The van der Waals surface area contributed by atoms with Gasteiger partial charge < -0.3 is 10.6 Å². The van der Waals surface area contributed by atoms with Crippen molar-refractivity contribution in [3.63, 3.8) is 0 Å². The van der Waals surface area contributed by atoms with Crippen LogP contribution in [0.3, 0.4) is 0 Å². The molecule has 1 saturated carbocycles. The molecule has 0 spiro atoms. The number of nitrogens with two attached hydrogens (primary N) is 1. The minimum absolute atomic E-state index is 0.0119. The first-order chi connectivity index (χ1) is 9.13. The highest BCUT2D eigenvalue weighted by Gasteiger charge is 2.37. The van der Waals surface area contributed by atoms with Crippen molar-refractivity contribution in [2.24, 2.45) is 11.7 Å². The number of carbonyl (C=O) groups excluding carboxylic acids is 1. The van der Waals surface area contributed by atoms with Crippen molar-refractivity contribution in [3.8, 4) is 6.07 Å². The topological polar surface area (TPSA) is 70.1 Å². The van der Waals surface area contributed by atoms with Crippen molar-refractivity contribution < 1.29 is 4.79 Å². The Hall–Kier alpha value is -1.08. The van der Waals surface area contributed by atoms with Gasteiger partial charge in [-0.1, -0.05) is 32.1 Å². The molecule has 0 radical (unpaired) electrons. The number of nitriles is 1. The second-order valence-electron chi connectivity index (χ2n) is 6.16. The van der Waals surface area contributed by atoms with Crippen LogP contribution < -0.4 is 5.73 Å². The smallest absolute Gasteiger partial charge is 0.240 e. The number of likely N-dealkylation sites (tertiary alicyclic amines) is 1. The molecule has 2 aliphatic rings. The molecule has 1 aliphatic heterocycles. The first-order valence-electron chi connectivity index (χ1n) is 7.61. The summed E-state index contributed by atoms with van der Waals surface area (Å²) in [5, 5.41) is 9.12. The maximum atomic E-state index is 12.4. The van der Waals surface area contributed by atoms with Crippen molar-refractivity contribution in [1.29, 1.82) is 5.26 Å². The average Bonchev–Trinajstić information content (AvgIpc) is 2.80. The lowest BCUT2D eigenvalue weighted by Gasteiger charge is -2.30. The van der Waals surface area contributed by atoms with Gasteiger partial charge in [0.25, 0.3) is 0 Å². The van der Waals surface area contributed by atoms with Crippen LogP contribution in [-0.4, -0.2) is 28.9 Å². The summed E-state index contributed by atoms with van der Waals surface area (Å²) in [6.07, 6.45) is 8.77. The Labute approximate surface area is 115 Å². The molecule has 19 heavy (non-hydrogen) atoms. The van der Waals surface area contributed by atoms with E-state index in [1.807, 2.05) is 6.92 Å². The third-order valence-electron chi connectivity index (χ3n) is 4.70. The Bertz CT molecular complexity index is 357. The van der Waals surface area contributed by atoms with Gasteiger partial charge in [0, 0.05) is 6.04 Å². The van der Waals surface area contributed by atoms with Crippen molar-refractivity contribution in [2.45, 2.75) is 76.4 Å². The molecule has 4 heteroatoms. The predicted octanol–water partition coefficient (Wildman–Crippen LogP) is 2.19. The Kier molecular flexibility index (Phi) is 4.81. The molecule has 0 aromatic heterocycles. The van der Waals surface area contributed by atoms with E-state index in [1.54, 1.807) is 4.90 Å². The zero-order valence-corrected chi connectivity index (χ0v) is 11.8. The molecule has 3 atom stereocenters. The van der Waals surface area contributed by atoms with E-state index in [4.69, 9.17) is 11.0 Å². The SMILES string of the molecule is C[C@H]1CC[C@@H](C#N)N1C(=O)[C@@H](N)CC1CCCCC1. The molecule has 1 saturated heterocycles. The lowest BCUT2D eigenvalue weighted by Crippen LogP contribution is -2.49. The Balaban J connectivity index is 1.92. The Morgan fingerprint density at radius 2 is 2.00 bits per heavy atom. The van der Waals surface area contributed by atoms with E-state index < -0.39 is 6.04 Å². The molecule has 0 bridgehead atoms. The van der Waals surface area contributed by atoms with Crippen LogP contribution in [0.4, 0.5) is 0 Å². The van der Waals surface area contributed by atoms with Crippen LogP contribution in [0.25, 0.3) is 0 Å². The Morgan fingerprint density at radius 1 is 1.32 bits per heavy atom. The van der Waals surface area contributed by atoms with Crippen LogP contribution >= 0.6 is 0 Å². The first-order valence-corrected chi connectivity index (χ1v) is 7.61.